The lowest BCUT2D eigenvalue weighted by Gasteiger charge is -2.17. The van der Waals surface area contributed by atoms with E-state index in [2.05, 4.69) is 10.1 Å². The summed E-state index contributed by atoms with van der Waals surface area (Å²) < 4.78 is 11.1. The van der Waals surface area contributed by atoms with Crippen LogP contribution in [0.25, 0.3) is 11.5 Å². The molecule has 5 nitrogen and oxygen atoms in total. The lowest BCUT2D eigenvalue weighted by molar-refractivity contribution is 0.00768. The number of nitrogens with two attached hydrogens (primary N) is 1. The molecule has 1 aromatic heterocycles. The molecule has 2 heterocycles. The first-order chi connectivity index (χ1) is 9.08. The number of benzene rings is 1. The van der Waals surface area contributed by atoms with Crippen LogP contribution in [0.3, 0.4) is 0 Å². The van der Waals surface area contributed by atoms with Gasteiger partial charge in [0.25, 0.3) is 5.89 Å². The van der Waals surface area contributed by atoms with Gasteiger partial charge in [-0.2, -0.15) is 4.98 Å². The van der Waals surface area contributed by atoms with E-state index < -0.39 is 5.60 Å². The van der Waals surface area contributed by atoms with E-state index >= 15 is 0 Å². The summed E-state index contributed by atoms with van der Waals surface area (Å²) in [4.78, 5) is 4.45. The summed E-state index contributed by atoms with van der Waals surface area (Å²) in [5.41, 5.74) is 8.05. The highest BCUT2D eigenvalue weighted by Crippen LogP contribution is 2.35. The zero-order valence-corrected chi connectivity index (χ0v) is 11.1. The molecule has 0 bridgehead atoms. The number of rotatable bonds is 2. The normalized spacial score (nSPS) is 22.8. The highest BCUT2D eigenvalue weighted by Gasteiger charge is 2.36. The van der Waals surface area contributed by atoms with E-state index in [-0.39, 0.29) is 0 Å². The molecule has 1 unspecified atom stereocenters. The van der Waals surface area contributed by atoms with E-state index in [1.54, 1.807) is 0 Å². The van der Waals surface area contributed by atoms with Crippen LogP contribution in [0, 0.1) is 6.92 Å². The van der Waals surface area contributed by atoms with Crippen LogP contribution in [0.15, 0.2) is 22.7 Å². The molecule has 1 saturated heterocycles. The summed E-state index contributed by atoms with van der Waals surface area (Å²) in [5.74, 6) is 1.05. The van der Waals surface area contributed by atoms with Gasteiger partial charge in [-0.3, -0.25) is 0 Å². The van der Waals surface area contributed by atoms with Crippen molar-refractivity contribution in [2.45, 2.75) is 32.3 Å². The van der Waals surface area contributed by atoms with Crippen molar-refractivity contribution in [3.63, 3.8) is 0 Å². The number of nitrogen functional groups attached to an aromatic ring is 1. The van der Waals surface area contributed by atoms with Gasteiger partial charge in [-0.1, -0.05) is 16.8 Å². The number of hydrogen-bond acceptors (Lipinski definition) is 5. The first-order valence-corrected chi connectivity index (χ1v) is 6.43. The third-order valence-corrected chi connectivity index (χ3v) is 3.56. The van der Waals surface area contributed by atoms with E-state index in [1.165, 1.54) is 0 Å². The largest absolute Gasteiger partial charge is 0.398 e. The number of ether oxygens (including phenoxy) is 1. The Morgan fingerprint density at radius 3 is 2.95 bits per heavy atom. The smallest absolute Gasteiger partial charge is 0.260 e. The molecule has 0 amide bonds. The molecule has 2 N–H and O–H groups in total. The van der Waals surface area contributed by atoms with Crippen molar-refractivity contribution in [3.8, 4) is 11.5 Å². The van der Waals surface area contributed by atoms with Gasteiger partial charge < -0.3 is 15.0 Å². The second kappa shape index (κ2) is 4.35. The number of nitrogens with zero attached hydrogens (tertiary/aromatic N) is 2. The number of hydrogen-bond donors (Lipinski definition) is 1. The predicted octanol–water partition coefficient (Wildman–Crippen LogP) is 2.65. The van der Waals surface area contributed by atoms with Gasteiger partial charge in [0.05, 0.1) is 5.56 Å². The van der Waals surface area contributed by atoms with Crippen LogP contribution in [0.2, 0.25) is 0 Å². The third kappa shape index (κ3) is 2.10. The fourth-order valence-electron chi connectivity index (χ4n) is 2.36. The summed E-state index contributed by atoms with van der Waals surface area (Å²) in [5, 5.41) is 4.05. The molecule has 0 aliphatic carbocycles. The average Bonchev–Trinajstić information content (AvgIpc) is 3.02. The highest BCUT2D eigenvalue weighted by molar-refractivity contribution is 5.71. The average molecular weight is 259 g/mol. The summed E-state index contributed by atoms with van der Waals surface area (Å²) in [7, 11) is 0. The summed E-state index contributed by atoms with van der Waals surface area (Å²) >= 11 is 0. The maximum Gasteiger partial charge on any atom is 0.260 e. The van der Waals surface area contributed by atoms with Crippen LogP contribution < -0.4 is 5.73 Å². The van der Waals surface area contributed by atoms with Crippen molar-refractivity contribution in [3.05, 3.63) is 29.6 Å². The lowest BCUT2D eigenvalue weighted by Crippen LogP contribution is -2.21. The zero-order valence-electron chi connectivity index (χ0n) is 11.1. The van der Waals surface area contributed by atoms with Gasteiger partial charge in [-0.15, -0.1) is 0 Å². The molecule has 0 radical (unpaired) electrons. The van der Waals surface area contributed by atoms with E-state index in [1.807, 2.05) is 32.0 Å². The molecule has 1 aliphatic rings. The Labute approximate surface area is 111 Å². The third-order valence-electron chi connectivity index (χ3n) is 3.56. The van der Waals surface area contributed by atoms with Gasteiger partial charge >= 0.3 is 0 Å². The maximum atomic E-state index is 5.96. The number of aryl methyl sites for hydroxylation is 1. The molecule has 1 atom stereocenters. The van der Waals surface area contributed by atoms with Crippen molar-refractivity contribution in [1.29, 1.82) is 0 Å². The van der Waals surface area contributed by atoms with Crippen LogP contribution in [0.1, 0.15) is 31.2 Å². The summed E-state index contributed by atoms with van der Waals surface area (Å²) in [6.07, 6.45) is 1.93. The second-order valence-electron chi connectivity index (χ2n) is 5.20. The van der Waals surface area contributed by atoms with Crippen LogP contribution in [0.4, 0.5) is 5.69 Å². The Morgan fingerprint density at radius 2 is 2.21 bits per heavy atom. The topological polar surface area (TPSA) is 74.2 Å². The fraction of sp³-hybridized carbons (Fsp3) is 0.429. The molecule has 5 heteroatoms. The minimum absolute atomic E-state index is 0.430. The van der Waals surface area contributed by atoms with Crippen molar-refractivity contribution >= 4 is 5.69 Å². The molecular formula is C14H17N3O2. The van der Waals surface area contributed by atoms with E-state index in [4.69, 9.17) is 15.0 Å². The van der Waals surface area contributed by atoms with Crippen LogP contribution in [-0.2, 0) is 10.3 Å². The maximum absolute atomic E-state index is 5.96. The Morgan fingerprint density at radius 1 is 1.37 bits per heavy atom. The van der Waals surface area contributed by atoms with Crippen molar-refractivity contribution < 1.29 is 9.26 Å². The second-order valence-corrected chi connectivity index (χ2v) is 5.20. The zero-order chi connectivity index (χ0) is 13.5. The van der Waals surface area contributed by atoms with Gasteiger partial charge in [0.2, 0.25) is 5.82 Å². The number of aromatic nitrogens is 2. The fourth-order valence-corrected chi connectivity index (χ4v) is 2.36. The van der Waals surface area contributed by atoms with Crippen LogP contribution in [-0.4, -0.2) is 16.7 Å². The monoisotopic (exact) mass is 259 g/mol. The van der Waals surface area contributed by atoms with Crippen LogP contribution in [0.5, 0.6) is 0 Å². The Hall–Kier alpha value is -1.88. The molecule has 0 saturated carbocycles. The molecule has 3 rings (SSSR count). The van der Waals surface area contributed by atoms with E-state index in [9.17, 15) is 0 Å². The Bertz CT molecular complexity index is 600. The molecule has 2 aromatic rings. The minimum Gasteiger partial charge on any atom is -0.398 e. The molecule has 19 heavy (non-hydrogen) atoms. The Balaban J connectivity index is 1.99. The molecule has 100 valence electrons. The van der Waals surface area contributed by atoms with Gasteiger partial charge in [0, 0.05) is 12.3 Å². The van der Waals surface area contributed by atoms with Crippen molar-refractivity contribution in [2.24, 2.45) is 0 Å². The number of anilines is 1. The summed E-state index contributed by atoms with van der Waals surface area (Å²) in [6, 6.07) is 5.75. The van der Waals surface area contributed by atoms with Gasteiger partial charge in [0.1, 0.15) is 5.60 Å². The molecule has 1 fully saturated rings. The van der Waals surface area contributed by atoms with Gasteiger partial charge in [-0.25, -0.2) is 0 Å². The molecule has 0 spiro atoms. The predicted molar refractivity (Wildman–Crippen MR) is 71.4 cm³/mol. The van der Waals surface area contributed by atoms with Crippen molar-refractivity contribution in [1.82, 2.24) is 10.1 Å². The first kappa shape index (κ1) is 12.2. The molecule has 1 aliphatic heterocycles. The quantitative estimate of drug-likeness (QED) is 0.839. The van der Waals surface area contributed by atoms with Gasteiger partial charge in [-0.05, 0) is 38.8 Å². The standard InChI is InChI=1S/C14H17N3O2/c1-9-4-5-11(15)10(8-9)12-16-13(17-19-12)14(2)6-3-7-18-14/h4-5,8H,3,6-7,15H2,1-2H3. The van der Waals surface area contributed by atoms with E-state index in [0.29, 0.717) is 17.4 Å². The minimum atomic E-state index is -0.430. The first-order valence-electron chi connectivity index (χ1n) is 6.43. The lowest BCUT2D eigenvalue weighted by atomic mass is 10.0. The van der Waals surface area contributed by atoms with Crippen molar-refractivity contribution in [2.75, 3.05) is 12.3 Å². The molecule has 1 aromatic carbocycles. The SMILES string of the molecule is Cc1ccc(N)c(-c2nc(C3(C)CCCO3)no2)c1. The van der Waals surface area contributed by atoms with E-state index in [0.717, 1.165) is 30.6 Å². The van der Waals surface area contributed by atoms with Gasteiger partial charge in [0.15, 0.2) is 0 Å². The van der Waals surface area contributed by atoms with Crippen LogP contribution >= 0.6 is 0 Å². The molecular weight excluding hydrogens is 242 g/mol. The Kier molecular flexibility index (Phi) is 2.78. The highest BCUT2D eigenvalue weighted by atomic mass is 16.5. The summed E-state index contributed by atoms with van der Waals surface area (Å²) in [6.45, 7) is 4.74.